The normalized spacial score (nSPS) is 44.5. The zero-order valence-electron chi connectivity index (χ0n) is 15.2. The van der Waals surface area contributed by atoms with Crippen LogP contribution in [0.4, 0.5) is 0 Å². The van der Waals surface area contributed by atoms with E-state index >= 15 is 0 Å². The van der Waals surface area contributed by atoms with Gasteiger partial charge in [0.2, 0.25) is 5.78 Å². The van der Waals surface area contributed by atoms with Gasteiger partial charge >= 0.3 is 0 Å². The number of piperidine rings is 1. The van der Waals surface area contributed by atoms with Gasteiger partial charge in [0.1, 0.15) is 17.4 Å². The van der Waals surface area contributed by atoms with Crippen molar-refractivity contribution < 1.29 is 24.3 Å². The summed E-state index contributed by atoms with van der Waals surface area (Å²) in [6, 6.07) is -0.102. The fraction of sp³-hybridized carbons (Fsp3) is 0.619. The number of likely N-dealkylation sites (N-methyl/N-ethyl adjacent to an activating group) is 1. The number of hydrogen-bond donors (Lipinski definition) is 2. The number of Topliss-reactive ketones (excluding diaryl/α,β-unsaturated/α-hetero) is 1. The highest BCUT2D eigenvalue weighted by molar-refractivity contribution is 6.06. The molecule has 26 heavy (non-hydrogen) atoms. The van der Waals surface area contributed by atoms with Gasteiger partial charge in [-0.15, -0.1) is 0 Å². The van der Waals surface area contributed by atoms with E-state index in [1.54, 1.807) is 6.08 Å². The molecule has 0 aromatic carbocycles. The third kappa shape index (κ3) is 1.93. The van der Waals surface area contributed by atoms with Crippen molar-refractivity contribution >= 4 is 11.6 Å². The van der Waals surface area contributed by atoms with Crippen LogP contribution < -0.4 is 0 Å². The van der Waals surface area contributed by atoms with Gasteiger partial charge in [0.15, 0.2) is 5.76 Å². The standard InChI is InChI=1S/C21H25NO4/c1-22(12-13-2-3-13)9-8-20-11-15(23)6-7-21(20,26)17(22)10-14-4-5-16(24)19(25)18(14)20/h4-5,10,13,17,26H,2-3,6-9,11-12H2,1H3/p+1/t17-,20-,21-,22?/m1/s1. The van der Waals surface area contributed by atoms with E-state index in [-0.39, 0.29) is 24.0 Å². The highest BCUT2D eigenvalue weighted by Gasteiger charge is 2.70. The quantitative estimate of drug-likeness (QED) is 0.742. The Balaban J connectivity index is 1.74. The van der Waals surface area contributed by atoms with Gasteiger partial charge < -0.3 is 14.7 Å². The van der Waals surface area contributed by atoms with E-state index in [1.807, 2.05) is 0 Å². The molecular formula is C21H26NO4+. The summed E-state index contributed by atoms with van der Waals surface area (Å²) in [6.07, 6.45) is 9.40. The molecule has 1 unspecified atom stereocenters. The average molecular weight is 356 g/mol. The number of rotatable bonds is 2. The maximum absolute atomic E-state index is 12.4. The molecule has 138 valence electrons. The number of likely N-dealkylation sites (tertiary alicyclic amines) is 1. The first-order valence-electron chi connectivity index (χ1n) is 9.76. The fourth-order valence-electron chi connectivity index (χ4n) is 6.23. The fourth-order valence-corrected chi connectivity index (χ4v) is 6.23. The van der Waals surface area contributed by atoms with Crippen LogP contribution in [0.2, 0.25) is 0 Å². The van der Waals surface area contributed by atoms with Gasteiger partial charge in [-0.1, -0.05) is 6.08 Å². The van der Waals surface area contributed by atoms with Gasteiger partial charge in [-0.25, -0.2) is 0 Å². The van der Waals surface area contributed by atoms with Crippen molar-refractivity contribution in [1.82, 2.24) is 0 Å². The van der Waals surface area contributed by atoms with Crippen molar-refractivity contribution in [1.29, 1.82) is 0 Å². The van der Waals surface area contributed by atoms with Crippen molar-refractivity contribution in [3.63, 3.8) is 0 Å². The van der Waals surface area contributed by atoms with E-state index < -0.39 is 16.8 Å². The molecule has 1 aliphatic heterocycles. The lowest BCUT2D eigenvalue weighted by Gasteiger charge is -2.64. The molecule has 5 rings (SSSR count). The van der Waals surface area contributed by atoms with E-state index in [9.17, 15) is 19.8 Å². The predicted molar refractivity (Wildman–Crippen MR) is 95.2 cm³/mol. The monoisotopic (exact) mass is 356 g/mol. The van der Waals surface area contributed by atoms with Crippen LogP contribution >= 0.6 is 0 Å². The highest BCUT2D eigenvalue weighted by Crippen LogP contribution is 2.63. The Morgan fingerprint density at radius 2 is 2.00 bits per heavy atom. The Labute approximate surface area is 153 Å². The lowest BCUT2D eigenvalue weighted by Crippen LogP contribution is -2.76. The van der Waals surface area contributed by atoms with Crippen LogP contribution in [-0.2, 0) is 9.59 Å². The van der Waals surface area contributed by atoms with Crippen LogP contribution in [0.15, 0.2) is 35.1 Å². The van der Waals surface area contributed by atoms with E-state index in [4.69, 9.17) is 0 Å². The lowest BCUT2D eigenvalue weighted by molar-refractivity contribution is -0.944. The smallest absolute Gasteiger partial charge is 0.220 e. The molecule has 5 heteroatoms. The Bertz CT molecular complexity index is 820. The summed E-state index contributed by atoms with van der Waals surface area (Å²) in [5.74, 6) is 0.151. The average Bonchev–Trinajstić information content (AvgIpc) is 3.39. The molecule has 3 fully saturated rings. The molecule has 4 aliphatic carbocycles. The van der Waals surface area contributed by atoms with Gasteiger partial charge in [0, 0.05) is 36.2 Å². The molecule has 5 nitrogen and oxygen atoms in total. The van der Waals surface area contributed by atoms with Crippen molar-refractivity contribution in [2.75, 3.05) is 20.1 Å². The minimum atomic E-state index is -1.08. The number of hydrogen-bond acceptors (Lipinski definition) is 4. The molecule has 2 N–H and O–H groups in total. The third-order valence-electron chi connectivity index (χ3n) is 7.68. The molecule has 0 aromatic heterocycles. The Morgan fingerprint density at radius 1 is 1.23 bits per heavy atom. The van der Waals surface area contributed by atoms with E-state index in [2.05, 4.69) is 13.1 Å². The molecule has 0 aromatic rings. The third-order valence-corrected chi connectivity index (χ3v) is 7.68. The number of fused-ring (bicyclic) bond motifs is 1. The Kier molecular flexibility index (Phi) is 3.14. The predicted octanol–water partition coefficient (Wildman–Crippen LogP) is 1.98. The number of carbonyl (C=O) groups is 2. The second-order valence-corrected chi connectivity index (χ2v) is 9.29. The number of nitrogens with zero attached hydrogens (tertiary/aromatic N) is 1. The van der Waals surface area contributed by atoms with Crippen molar-refractivity contribution in [2.45, 2.75) is 50.2 Å². The number of carbonyl (C=O) groups excluding carboxylic acids is 2. The van der Waals surface area contributed by atoms with Crippen LogP contribution in [0.25, 0.3) is 0 Å². The molecule has 0 amide bonds. The lowest BCUT2D eigenvalue weighted by atomic mass is 9.48. The maximum atomic E-state index is 12.4. The topological polar surface area (TPSA) is 74.6 Å². The van der Waals surface area contributed by atoms with Crippen molar-refractivity contribution in [2.24, 2.45) is 11.3 Å². The summed E-state index contributed by atoms with van der Waals surface area (Å²) in [7, 11) is 2.23. The van der Waals surface area contributed by atoms with Gasteiger partial charge in [-0.2, -0.15) is 0 Å². The molecule has 0 radical (unpaired) electrons. The van der Waals surface area contributed by atoms with E-state index in [1.165, 1.54) is 18.9 Å². The highest BCUT2D eigenvalue weighted by atomic mass is 16.3. The van der Waals surface area contributed by atoms with Gasteiger partial charge in [-0.3, -0.25) is 9.59 Å². The number of allylic oxidation sites excluding steroid dienone is 3. The van der Waals surface area contributed by atoms with Gasteiger partial charge in [0.25, 0.3) is 0 Å². The summed E-state index contributed by atoms with van der Waals surface area (Å²) < 4.78 is 0.788. The number of aliphatic hydroxyl groups excluding tert-OH is 1. The summed E-state index contributed by atoms with van der Waals surface area (Å²) in [5.41, 5.74) is -0.565. The van der Waals surface area contributed by atoms with E-state index in [0.29, 0.717) is 24.8 Å². The zero-order valence-corrected chi connectivity index (χ0v) is 15.2. The van der Waals surface area contributed by atoms with Crippen molar-refractivity contribution in [3.05, 3.63) is 35.1 Å². The molecule has 1 heterocycles. The van der Waals surface area contributed by atoms with Crippen LogP contribution in [0.3, 0.4) is 0 Å². The molecule has 2 bridgehead atoms. The minimum absolute atomic E-state index is 0.102. The Morgan fingerprint density at radius 3 is 2.73 bits per heavy atom. The Hall–Kier alpha value is -1.72. The molecule has 0 spiro atoms. The zero-order chi connectivity index (χ0) is 18.3. The molecule has 2 saturated carbocycles. The number of quaternary nitrogens is 1. The van der Waals surface area contributed by atoms with Gasteiger partial charge in [-0.05, 0) is 37.0 Å². The van der Waals surface area contributed by atoms with Gasteiger partial charge in [0.05, 0.1) is 20.1 Å². The minimum Gasteiger partial charge on any atom is -0.504 e. The van der Waals surface area contributed by atoms with Crippen LogP contribution in [-0.4, -0.2) is 58.0 Å². The molecule has 5 aliphatic rings. The van der Waals surface area contributed by atoms with E-state index in [0.717, 1.165) is 29.1 Å². The van der Waals surface area contributed by atoms with Crippen LogP contribution in [0, 0.1) is 11.3 Å². The SMILES string of the molecule is C[N+]1(CC2CC2)CC[C@]23CC(=O)CC[C@@]2(O)[C@H]1C=C1C=CC(=O)C(O)=C13. The second-order valence-electron chi connectivity index (χ2n) is 9.29. The summed E-state index contributed by atoms with van der Waals surface area (Å²) in [5, 5.41) is 22.6. The number of aliphatic hydroxyl groups is 2. The maximum Gasteiger partial charge on any atom is 0.220 e. The van der Waals surface area contributed by atoms with Crippen LogP contribution in [0.1, 0.15) is 38.5 Å². The first-order chi connectivity index (χ1) is 12.3. The second kappa shape index (κ2) is 4.96. The molecule has 4 atom stereocenters. The largest absolute Gasteiger partial charge is 0.504 e. The summed E-state index contributed by atoms with van der Waals surface area (Å²) >= 11 is 0. The molecular weight excluding hydrogens is 330 g/mol. The molecule has 1 saturated heterocycles. The van der Waals surface area contributed by atoms with Crippen molar-refractivity contribution in [3.8, 4) is 0 Å². The van der Waals surface area contributed by atoms with Crippen LogP contribution in [0.5, 0.6) is 0 Å². The summed E-state index contributed by atoms with van der Waals surface area (Å²) in [4.78, 5) is 24.6. The first-order valence-corrected chi connectivity index (χ1v) is 9.76. The summed E-state index contributed by atoms with van der Waals surface area (Å²) in [6.45, 7) is 1.91. The first kappa shape index (κ1) is 16.5. The number of ketones is 2.